The Balaban J connectivity index is 1.73. The molecule has 2 bridgehead atoms. The number of carbonyl (C=O) groups is 1. The van der Waals surface area contributed by atoms with E-state index < -0.39 is 6.09 Å². The zero-order valence-electron chi connectivity index (χ0n) is 14.1. The number of likely N-dealkylation sites (tertiary alicyclic amines) is 1. The number of hydrogen-bond donors (Lipinski definition) is 1. The first-order valence-electron chi connectivity index (χ1n) is 8.50. The molecule has 2 aliphatic heterocycles. The zero-order valence-corrected chi connectivity index (χ0v) is 14.1. The van der Waals surface area contributed by atoms with Gasteiger partial charge in [0.25, 0.3) is 0 Å². The van der Waals surface area contributed by atoms with E-state index in [1.54, 1.807) is 9.47 Å². The quantitative estimate of drug-likeness (QED) is 0.731. The number of imidazole rings is 1. The maximum atomic E-state index is 13.1. The van der Waals surface area contributed by atoms with Gasteiger partial charge in [-0.25, -0.2) is 14.2 Å². The molecule has 2 aromatic carbocycles. The highest BCUT2D eigenvalue weighted by molar-refractivity contribution is 5.90. The van der Waals surface area contributed by atoms with Gasteiger partial charge in [0.15, 0.2) is 0 Å². The number of carbonyl (C=O) groups excluding carboxylic acids is 1. The summed E-state index contributed by atoms with van der Waals surface area (Å²) in [5.41, 5.74) is 0.854. The number of methoxy groups -OCH3 is 1. The molecule has 1 aromatic heterocycles. The Bertz CT molecular complexity index is 1110. The van der Waals surface area contributed by atoms with E-state index in [-0.39, 0.29) is 23.7 Å². The second-order valence-corrected chi connectivity index (χ2v) is 6.72. The lowest BCUT2D eigenvalue weighted by Gasteiger charge is -2.26. The fourth-order valence-corrected chi connectivity index (χ4v) is 4.39. The van der Waals surface area contributed by atoms with Crippen molar-refractivity contribution in [2.75, 3.05) is 13.7 Å². The molecule has 0 aliphatic carbocycles. The van der Waals surface area contributed by atoms with Crippen molar-refractivity contribution in [1.82, 2.24) is 14.0 Å². The molecular formula is C19H17N3O4. The first-order valence-corrected chi connectivity index (χ1v) is 8.50. The summed E-state index contributed by atoms with van der Waals surface area (Å²) in [5, 5.41) is 12.8. The third-order valence-electron chi connectivity index (χ3n) is 5.47. The standard InChI is InChI=1S/C19H17N3O4/c1-26-19(25)20-10-12-9-15(20)16-17(23)22(18(24)21(12)16)14-8-4-6-11-5-2-3-7-13(11)14/h2-8,12,15,23H,9-10H2,1H3. The number of aromatic hydroxyl groups is 1. The van der Waals surface area contributed by atoms with Gasteiger partial charge in [0.05, 0.1) is 24.9 Å². The number of amides is 1. The summed E-state index contributed by atoms with van der Waals surface area (Å²) in [5.74, 6) is -0.104. The first-order chi connectivity index (χ1) is 12.6. The Morgan fingerprint density at radius 2 is 1.96 bits per heavy atom. The predicted octanol–water partition coefficient (Wildman–Crippen LogP) is 2.57. The highest BCUT2D eigenvalue weighted by Crippen LogP contribution is 2.48. The minimum Gasteiger partial charge on any atom is -0.493 e. The molecule has 7 nitrogen and oxygen atoms in total. The van der Waals surface area contributed by atoms with Crippen LogP contribution in [0.1, 0.15) is 24.2 Å². The normalized spacial score (nSPS) is 20.6. The first kappa shape index (κ1) is 15.1. The van der Waals surface area contributed by atoms with E-state index in [2.05, 4.69) is 0 Å². The molecule has 0 spiro atoms. The molecule has 132 valence electrons. The average Bonchev–Trinajstić information content (AvgIpc) is 3.32. The largest absolute Gasteiger partial charge is 0.493 e. The monoisotopic (exact) mass is 351 g/mol. The number of aromatic nitrogens is 2. The third-order valence-corrected chi connectivity index (χ3v) is 5.47. The smallest absolute Gasteiger partial charge is 0.410 e. The average molecular weight is 351 g/mol. The lowest BCUT2D eigenvalue weighted by atomic mass is 10.1. The number of rotatable bonds is 1. The molecule has 1 fully saturated rings. The number of nitrogens with zero attached hydrogens (tertiary/aromatic N) is 3. The van der Waals surface area contributed by atoms with Gasteiger partial charge in [0.1, 0.15) is 5.69 Å². The Labute approximate surface area is 148 Å². The molecule has 26 heavy (non-hydrogen) atoms. The molecular weight excluding hydrogens is 334 g/mol. The SMILES string of the molecule is COC(=O)N1CC2CC1c1c(O)n(-c3cccc4ccccc34)c(=O)n12. The van der Waals surface area contributed by atoms with E-state index in [0.717, 1.165) is 10.8 Å². The van der Waals surface area contributed by atoms with Crippen LogP contribution in [0.15, 0.2) is 47.3 Å². The van der Waals surface area contributed by atoms with Gasteiger partial charge in [-0.15, -0.1) is 0 Å². The summed E-state index contributed by atoms with van der Waals surface area (Å²) in [7, 11) is 1.34. The summed E-state index contributed by atoms with van der Waals surface area (Å²) < 4.78 is 7.80. The van der Waals surface area contributed by atoms with Crippen LogP contribution in [0.25, 0.3) is 16.5 Å². The Morgan fingerprint density at radius 3 is 2.77 bits per heavy atom. The van der Waals surface area contributed by atoms with Gasteiger partial charge < -0.3 is 9.84 Å². The lowest BCUT2D eigenvalue weighted by Crippen LogP contribution is -2.37. The number of hydrogen-bond acceptors (Lipinski definition) is 4. The van der Waals surface area contributed by atoms with Gasteiger partial charge in [-0.2, -0.15) is 0 Å². The second-order valence-electron chi connectivity index (χ2n) is 6.72. The van der Waals surface area contributed by atoms with Crippen LogP contribution in [0.5, 0.6) is 5.88 Å². The van der Waals surface area contributed by atoms with Crippen molar-refractivity contribution in [1.29, 1.82) is 0 Å². The zero-order chi connectivity index (χ0) is 18.0. The third kappa shape index (κ3) is 1.77. The lowest BCUT2D eigenvalue weighted by molar-refractivity contribution is 0.112. The molecule has 2 aliphatic rings. The van der Waals surface area contributed by atoms with Gasteiger partial charge in [0.2, 0.25) is 5.88 Å². The fourth-order valence-electron chi connectivity index (χ4n) is 4.39. The minimum atomic E-state index is -0.437. The summed E-state index contributed by atoms with van der Waals surface area (Å²) in [6, 6.07) is 12.9. The molecule has 3 aromatic rings. The fraction of sp³-hybridized carbons (Fsp3) is 0.263. The van der Waals surface area contributed by atoms with Crippen LogP contribution in [0.3, 0.4) is 0 Å². The number of benzene rings is 2. The van der Waals surface area contributed by atoms with Crippen LogP contribution in [0, 0.1) is 0 Å². The van der Waals surface area contributed by atoms with Crippen LogP contribution >= 0.6 is 0 Å². The van der Waals surface area contributed by atoms with Crippen molar-refractivity contribution in [2.45, 2.75) is 18.5 Å². The highest BCUT2D eigenvalue weighted by Gasteiger charge is 2.49. The van der Waals surface area contributed by atoms with Crippen LogP contribution in [0.4, 0.5) is 4.79 Å². The molecule has 3 heterocycles. The number of ether oxygens (including phenoxy) is 1. The molecule has 0 radical (unpaired) electrons. The van der Waals surface area contributed by atoms with Crippen LogP contribution in [0.2, 0.25) is 0 Å². The van der Waals surface area contributed by atoms with Gasteiger partial charge >= 0.3 is 11.8 Å². The van der Waals surface area contributed by atoms with Crippen molar-refractivity contribution in [2.24, 2.45) is 0 Å². The maximum Gasteiger partial charge on any atom is 0.410 e. The highest BCUT2D eigenvalue weighted by atomic mass is 16.5. The van der Waals surface area contributed by atoms with Crippen molar-refractivity contribution < 1.29 is 14.6 Å². The van der Waals surface area contributed by atoms with E-state index in [0.29, 0.717) is 24.3 Å². The maximum absolute atomic E-state index is 13.1. The van der Waals surface area contributed by atoms with Crippen LogP contribution in [-0.4, -0.2) is 38.9 Å². The Hall–Kier alpha value is -3.22. The van der Waals surface area contributed by atoms with E-state index in [1.807, 2.05) is 42.5 Å². The minimum absolute atomic E-state index is 0.104. The van der Waals surface area contributed by atoms with E-state index in [4.69, 9.17) is 4.74 Å². The van der Waals surface area contributed by atoms with Gasteiger partial charge in [-0.05, 0) is 17.9 Å². The summed E-state index contributed by atoms with van der Waals surface area (Å²) in [6.07, 6.45) is 0.192. The molecule has 0 saturated carbocycles. The summed E-state index contributed by atoms with van der Waals surface area (Å²) >= 11 is 0. The Morgan fingerprint density at radius 1 is 1.19 bits per heavy atom. The van der Waals surface area contributed by atoms with Gasteiger partial charge in [-0.1, -0.05) is 36.4 Å². The summed E-state index contributed by atoms with van der Waals surface area (Å²) in [6.45, 7) is 0.420. The van der Waals surface area contributed by atoms with Gasteiger partial charge in [-0.3, -0.25) is 9.47 Å². The van der Waals surface area contributed by atoms with Crippen LogP contribution < -0.4 is 5.69 Å². The van der Waals surface area contributed by atoms with E-state index >= 15 is 0 Å². The molecule has 2 atom stereocenters. The molecule has 1 amide bonds. The topological polar surface area (TPSA) is 76.7 Å². The van der Waals surface area contributed by atoms with Crippen molar-refractivity contribution in [3.05, 3.63) is 58.6 Å². The van der Waals surface area contributed by atoms with E-state index in [1.165, 1.54) is 11.7 Å². The summed E-state index contributed by atoms with van der Waals surface area (Å²) in [4.78, 5) is 26.7. The van der Waals surface area contributed by atoms with Gasteiger partial charge in [0, 0.05) is 11.9 Å². The molecule has 7 heteroatoms. The van der Waals surface area contributed by atoms with Crippen LogP contribution in [-0.2, 0) is 4.74 Å². The van der Waals surface area contributed by atoms with Crippen molar-refractivity contribution >= 4 is 16.9 Å². The predicted molar refractivity (Wildman–Crippen MR) is 94.7 cm³/mol. The molecule has 1 saturated heterocycles. The van der Waals surface area contributed by atoms with Crippen molar-refractivity contribution in [3.8, 4) is 11.6 Å². The molecule has 2 unspecified atom stereocenters. The number of fused-ring (bicyclic) bond motifs is 6. The Kier molecular flexibility index (Phi) is 2.98. The second kappa shape index (κ2) is 5.14. The molecule has 1 N–H and O–H groups in total. The molecule has 5 rings (SSSR count). The van der Waals surface area contributed by atoms with Crippen molar-refractivity contribution in [3.63, 3.8) is 0 Å². The van der Waals surface area contributed by atoms with E-state index in [9.17, 15) is 14.7 Å².